The van der Waals surface area contributed by atoms with Crippen molar-refractivity contribution in [3.8, 4) is 23.0 Å². The van der Waals surface area contributed by atoms with Gasteiger partial charge < -0.3 is 19.7 Å². The van der Waals surface area contributed by atoms with Crippen molar-refractivity contribution in [2.24, 2.45) is 0 Å². The third-order valence-electron chi connectivity index (χ3n) is 3.17. The van der Waals surface area contributed by atoms with Crippen molar-refractivity contribution >= 4 is 21.7 Å². The van der Waals surface area contributed by atoms with Gasteiger partial charge >= 0.3 is 0 Å². The molecule has 0 atom stereocenters. The van der Waals surface area contributed by atoms with E-state index < -0.39 is 0 Å². The zero-order valence-electron chi connectivity index (χ0n) is 14.1. The molecule has 0 aliphatic heterocycles. The van der Waals surface area contributed by atoms with Crippen LogP contribution in [-0.2, 0) is 6.42 Å². The molecule has 0 aromatic heterocycles. The first kappa shape index (κ1) is 19.8. The lowest BCUT2D eigenvalue weighted by Gasteiger charge is -2.12. The lowest BCUT2D eigenvalue weighted by molar-refractivity contribution is 0.0989. The zero-order valence-corrected chi connectivity index (χ0v) is 15.7. The van der Waals surface area contributed by atoms with Gasteiger partial charge in [-0.15, -0.1) is 0 Å². The van der Waals surface area contributed by atoms with Crippen molar-refractivity contribution in [1.29, 1.82) is 0 Å². The van der Waals surface area contributed by atoms with Crippen LogP contribution in [0.1, 0.15) is 29.8 Å². The molecule has 0 aliphatic rings. The Labute approximate surface area is 150 Å². The van der Waals surface area contributed by atoms with E-state index >= 15 is 0 Å². The molecule has 0 heterocycles. The molecule has 2 rings (SSSR count). The first-order chi connectivity index (χ1) is 11.5. The Hall–Kier alpha value is -2.21. The SMILES string of the molecule is CC.COc1cc(Br)c(OC)c(CC(=O)c2ccc(O)cc2O)c1. The lowest BCUT2D eigenvalue weighted by atomic mass is 10.0. The molecule has 0 bridgehead atoms. The van der Waals surface area contributed by atoms with Gasteiger partial charge in [-0.05, 0) is 40.2 Å². The molecule has 0 amide bonds. The smallest absolute Gasteiger partial charge is 0.171 e. The molecule has 6 heteroatoms. The number of halogens is 1. The summed E-state index contributed by atoms with van der Waals surface area (Å²) in [7, 11) is 3.05. The second-order valence-electron chi connectivity index (χ2n) is 4.60. The molecule has 0 fully saturated rings. The minimum Gasteiger partial charge on any atom is -0.508 e. The summed E-state index contributed by atoms with van der Waals surface area (Å²) in [4.78, 5) is 12.4. The summed E-state index contributed by atoms with van der Waals surface area (Å²) < 4.78 is 11.2. The highest BCUT2D eigenvalue weighted by Crippen LogP contribution is 2.35. The van der Waals surface area contributed by atoms with Crippen LogP contribution in [0.5, 0.6) is 23.0 Å². The predicted molar refractivity (Wildman–Crippen MR) is 96.4 cm³/mol. The van der Waals surface area contributed by atoms with Crippen molar-refractivity contribution in [2.45, 2.75) is 20.3 Å². The average Bonchev–Trinajstić information content (AvgIpc) is 2.56. The van der Waals surface area contributed by atoms with E-state index in [2.05, 4.69) is 15.9 Å². The molecule has 0 saturated carbocycles. The van der Waals surface area contributed by atoms with E-state index in [-0.39, 0.29) is 29.3 Å². The van der Waals surface area contributed by atoms with Gasteiger partial charge in [0, 0.05) is 18.1 Å². The Bertz CT molecular complexity index is 713. The van der Waals surface area contributed by atoms with Gasteiger partial charge in [-0.3, -0.25) is 4.79 Å². The van der Waals surface area contributed by atoms with Crippen LogP contribution in [0.3, 0.4) is 0 Å². The van der Waals surface area contributed by atoms with Crippen molar-refractivity contribution in [1.82, 2.24) is 0 Å². The topological polar surface area (TPSA) is 76.0 Å². The molecule has 0 aliphatic carbocycles. The quantitative estimate of drug-likeness (QED) is 0.735. The fourth-order valence-electron chi connectivity index (χ4n) is 2.12. The molecule has 0 unspecified atom stereocenters. The van der Waals surface area contributed by atoms with Gasteiger partial charge in [-0.25, -0.2) is 0 Å². The summed E-state index contributed by atoms with van der Waals surface area (Å²) in [6, 6.07) is 7.32. The molecule has 0 saturated heterocycles. The second-order valence-corrected chi connectivity index (χ2v) is 5.46. The van der Waals surface area contributed by atoms with E-state index in [0.717, 1.165) is 6.07 Å². The molecule has 5 nitrogen and oxygen atoms in total. The second kappa shape index (κ2) is 9.17. The van der Waals surface area contributed by atoms with Gasteiger partial charge in [-0.1, -0.05) is 13.8 Å². The zero-order chi connectivity index (χ0) is 18.3. The Morgan fingerprint density at radius 1 is 1.08 bits per heavy atom. The highest BCUT2D eigenvalue weighted by atomic mass is 79.9. The Morgan fingerprint density at radius 3 is 2.29 bits per heavy atom. The lowest BCUT2D eigenvalue weighted by Crippen LogP contribution is -2.06. The number of benzene rings is 2. The van der Waals surface area contributed by atoms with Gasteiger partial charge in [-0.2, -0.15) is 0 Å². The summed E-state index contributed by atoms with van der Waals surface area (Å²) in [5.41, 5.74) is 0.769. The summed E-state index contributed by atoms with van der Waals surface area (Å²) in [6.07, 6.45) is 0.0251. The van der Waals surface area contributed by atoms with Gasteiger partial charge in [0.25, 0.3) is 0 Å². The van der Waals surface area contributed by atoms with Crippen LogP contribution in [0.15, 0.2) is 34.8 Å². The van der Waals surface area contributed by atoms with Crippen LogP contribution in [-0.4, -0.2) is 30.2 Å². The number of aromatic hydroxyl groups is 2. The third-order valence-corrected chi connectivity index (χ3v) is 3.76. The van der Waals surface area contributed by atoms with Gasteiger partial charge in [0.15, 0.2) is 5.78 Å². The average molecular weight is 397 g/mol. The number of carbonyl (C=O) groups is 1. The van der Waals surface area contributed by atoms with Crippen LogP contribution < -0.4 is 9.47 Å². The highest BCUT2D eigenvalue weighted by Gasteiger charge is 2.17. The van der Waals surface area contributed by atoms with Crippen LogP contribution >= 0.6 is 15.9 Å². The molecule has 0 spiro atoms. The van der Waals surface area contributed by atoms with E-state index in [0.29, 0.717) is 21.5 Å². The molecule has 24 heavy (non-hydrogen) atoms. The normalized spacial score (nSPS) is 9.71. The van der Waals surface area contributed by atoms with Crippen molar-refractivity contribution in [2.75, 3.05) is 14.2 Å². The summed E-state index contributed by atoms with van der Waals surface area (Å²) in [5.74, 6) is 0.468. The van der Waals surface area contributed by atoms with Crippen LogP contribution in [0, 0.1) is 0 Å². The number of rotatable bonds is 5. The van der Waals surface area contributed by atoms with Gasteiger partial charge in [0.1, 0.15) is 23.0 Å². The van der Waals surface area contributed by atoms with E-state index in [1.165, 1.54) is 26.4 Å². The molecule has 2 N–H and O–H groups in total. The number of hydrogen-bond donors (Lipinski definition) is 2. The largest absolute Gasteiger partial charge is 0.508 e. The maximum Gasteiger partial charge on any atom is 0.171 e. The van der Waals surface area contributed by atoms with E-state index in [1.807, 2.05) is 13.8 Å². The van der Waals surface area contributed by atoms with Gasteiger partial charge in [0.2, 0.25) is 0 Å². The minimum absolute atomic E-state index is 0.0251. The molecule has 0 radical (unpaired) electrons. The summed E-state index contributed by atoms with van der Waals surface area (Å²) in [5, 5.41) is 19.1. The molecule has 2 aromatic rings. The predicted octanol–water partition coefficient (Wildman–Crippen LogP) is 4.33. The first-order valence-corrected chi connectivity index (χ1v) is 8.21. The molecular formula is C18H21BrO5. The van der Waals surface area contributed by atoms with Crippen molar-refractivity contribution < 1.29 is 24.5 Å². The number of phenolic OH excluding ortho intramolecular Hbond substituents is 2. The summed E-state index contributed by atoms with van der Waals surface area (Å²) >= 11 is 3.37. The van der Waals surface area contributed by atoms with Crippen LogP contribution in [0.25, 0.3) is 0 Å². The first-order valence-electron chi connectivity index (χ1n) is 7.41. The van der Waals surface area contributed by atoms with E-state index in [1.54, 1.807) is 12.1 Å². The highest BCUT2D eigenvalue weighted by molar-refractivity contribution is 9.10. The minimum atomic E-state index is -0.295. The van der Waals surface area contributed by atoms with Crippen LogP contribution in [0.2, 0.25) is 0 Å². The van der Waals surface area contributed by atoms with Crippen LogP contribution in [0.4, 0.5) is 0 Å². The number of ketones is 1. The molecule has 2 aromatic carbocycles. The number of ether oxygens (including phenoxy) is 2. The number of carbonyl (C=O) groups excluding carboxylic acids is 1. The number of Topliss-reactive ketones (excluding diaryl/α,β-unsaturated/α-hetero) is 1. The maximum absolute atomic E-state index is 12.4. The summed E-state index contributed by atoms with van der Waals surface area (Å²) in [6.45, 7) is 4.00. The number of hydrogen-bond acceptors (Lipinski definition) is 5. The Kier molecular flexibility index (Phi) is 7.58. The number of phenols is 2. The van der Waals surface area contributed by atoms with E-state index in [4.69, 9.17) is 9.47 Å². The molecular weight excluding hydrogens is 376 g/mol. The number of methoxy groups -OCH3 is 2. The van der Waals surface area contributed by atoms with Crippen molar-refractivity contribution in [3.63, 3.8) is 0 Å². The third kappa shape index (κ3) is 4.64. The fourth-order valence-corrected chi connectivity index (χ4v) is 2.77. The van der Waals surface area contributed by atoms with E-state index in [9.17, 15) is 15.0 Å². The fraction of sp³-hybridized carbons (Fsp3) is 0.278. The Morgan fingerprint density at radius 2 is 1.75 bits per heavy atom. The Balaban J connectivity index is 0.00000139. The maximum atomic E-state index is 12.4. The monoisotopic (exact) mass is 396 g/mol. The standard InChI is InChI=1S/C16H15BrO5.C2H6/c1-21-11-5-9(16(22-2)13(17)8-11)6-14(19)12-4-3-10(18)7-15(12)20;1-2/h3-5,7-8,18,20H,6H2,1-2H3;1-2H3. The van der Waals surface area contributed by atoms with Gasteiger partial charge in [0.05, 0.1) is 24.3 Å². The van der Waals surface area contributed by atoms with Crippen molar-refractivity contribution in [3.05, 3.63) is 45.9 Å². The molecule has 130 valence electrons.